The molecule has 0 aliphatic heterocycles. The van der Waals surface area contributed by atoms with Gasteiger partial charge in [0.05, 0.1) is 23.8 Å². The van der Waals surface area contributed by atoms with Crippen molar-refractivity contribution in [3.05, 3.63) is 112 Å². The largest absolute Gasteiger partial charge is 0.494 e. The lowest BCUT2D eigenvalue weighted by atomic mass is 9.47. The zero-order valence-electron chi connectivity index (χ0n) is 22.2. The first-order valence-electron chi connectivity index (χ1n) is 13.6. The smallest absolute Gasteiger partial charge is 0.233 e. The quantitative estimate of drug-likeness (QED) is 0.243. The van der Waals surface area contributed by atoms with Crippen molar-refractivity contribution < 1.29 is 9.53 Å². The molecular formula is C33H31N3O2S. The maximum absolute atomic E-state index is 14.0. The van der Waals surface area contributed by atoms with Crippen LogP contribution in [0.5, 0.6) is 5.75 Å². The highest BCUT2D eigenvalue weighted by molar-refractivity contribution is 7.13. The average molecular weight is 534 g/mol. The van der Waals surface area contributed by atoms with Crippen LogP contribution in [0.3, 0.4) is 0 Å². The number of carbonyl (C=O) groups is 1. The highest BCUT2D eigenvalue weighted by Crippen LogP contribution is 2.63. The molecule has 196 valence electrons. The Morgan fingerprint density at radius 1 is 1.08 bits per heavy atom. The van der Waals surface area contributed by atoms with Crippen molar-refractivity contribution in [2.45, 2.75) is 50.9 Å². The van der Waals surface area contributed by atoms with Crippen LogP contribution < -0.4 is 10.1 Å². The van der Waals surface area contributed by atoms with Crippen LogP contribution in [-0.4, -0.2) is 17.5 Å². The van der Waals surface area contributed by atoms with Gasteiger partial charge in [0.15, 0.2) is 5.13 Å². The van der Waals surface area contributed by atoms with Crippen LogP contribution in [0, 0.1) is 16.7 Å². The summed E-state index contributed by atoms with van der Waals surface area (Å²) in [5.41, 5.74) is 4.61. The van der Waals surface area contributed by atoms with Crippen LogP contribution in [0.4, 0.5) is 5.13 Å². The summed E-state index contributed by atoms with van der Waals surface area (Å²) in [5, 5.41) is 16.3. The van der Waals surface area contributed by atoms with Gasteiger partial charge in [0.2, 0.25) is 5.91 Å². The maximum atomic E-state index is 14.0. The van der Waals surface area contributed by atoms with E-state index >= 15 is 0 Å². The number of anilines is 1. The van der Waals surface area contributed by atoms with E-state index in [0.29, 0.717) is 18.0 Å². The number of nitrogens with zero attached hydrogens (tertiary/aromatic N) is 2. The van der Waals surface area contributed by atoms with Gasteiger partial charge < -0.3 is 10.1 Å². The minimum absolute atomic E-state index is 0.0920. The van der Waals surface area contributed by atoms with Gasteiger partial charge in [-0.1, -0.05) is 74.0 Å². The molecule has 39 heavy (non-hydrogen) atoms. The van der Waals surface area contributed by atoms with Crippen LogP contribution in [-0.2, 0) is 16.6 Å². The fourth-order valence-electron chi connectivity index (χ4n) is 6.42. The lowest BCUT2D eigenvalue weighted by molar-refractivity contribution is -0.127. The first-order valence-corrected chi connectivity index (χ1v) is 14.4. The van der Waals surface area contributed by atoms with Crippen LogP contribution in [0.1, 0.15) is 72.5 Å². The van der Waals surface area contributed by atoms with Crippen LogP contribution in [0.15, 0.2) is 78.2 Å². The van der Waals surface area contributed by atoms with Gasteiger partial charge in [-0.05, 0) is 59.7 Å². The maximum Gasteiger partial charge on any atom is 0.233 e. The summed E-state index contributed by atoms with van der Waals surface area (Å²) in [4.78, 5) is 18.7. The molecule has 3 aromatic carbocycles. The predicted octanol–water partition coefficient (Wildman–Crippen LogP) is 7.22. The third kappa shape index (κ3) is 4.22. The van der Waals surface area contributed by atoms with Crippen molar-refractivity contribution in [2.75, 3.05) is 11.9 Å². The van der Waals surface area contributed by atoms with Gasteiger partial charge in [0.1, 0.15) is 11.2 Å². The number of carbonyl (C=O) groups excluding carboxylic acids is 1. The summed E-state index contributed by atoms with van der Waals surface area (Å²) in [6, 6.07) is 27.0. The molecule has 1 amide bonds. The summed E-state index contributed by atoms with van der Waals surface area (Å²) in [6.45, 7) is 4.89. The zero-order valence-corrected chi connectivity index (χ0v) is 23.1. The molecular weight excluding hydrogens is 502 g/mol. The second-order valence-electron chi connectivity index (χ2n) is 10.8. The molecule has 3 aliphatic carbocycles. The van der Waals surface area contributed by atoms with Crippen molar-refractivity contribution in [3.8, 4) is 11.8 Å². The summed E-state index contributed by atoms with van der Waals surface area (Å²) in [7, 11) is 0. The highest BCUT2D eigenvalue weighted by Gasteiger charge is 2.61. The van der Waals surface area contributed by atoms with E-state index in [4.69, 9.17) is 9.72 Å². The summed E-state index contributed by atoms with van der Waals surface area (Å²) in [5.74, 6) is 0.662. The number of rotatable bonds is 8. The SMILES string of the molecule is CCCCOc1ccc(Cc2csc(NC(=O)C3(C)CC4(C#N)c5ccccc5C3c3ccccc34)n2)cc1. The second kappa shape index (κ2) is 9.98. The molecule has 1 heterocycles. The standard InChI is InChI=1S/C33H31N3O2S/c1-3-4-17-38-24-15-13-22(14-16-24)18-23-19-39-31(35-23)36-30(37)32(2)20-33(21-34)27-11-7-5-9-25(27)29(32)26-10-6-8-12-28(26)33/h5-16,19,29H,3-4,17-18,20H2,1-2H3,(H,35,36,37). The van der Waals surface area contributed by atoms with Gasteiger partial charge >= 0.3 is 0 Å². The molecule has 5 nitrogen and oxygen atoms in total. The number of hydrogen-bond acceptors (Lipinski definition) is 5. The number of hydrogen-bond donors (Lipinski definition) is 1. The van der Waals surface area contributed by atoms with Gasteiger partial charge in [-0.25, -0.2) is 4.98 Å². The number of aromatic nitrogens is 1. The Hall–Kier alpha value is -3.95. The topological polar surface area (TPSA) is 75.0 Å². The minimum Gasteiger partial charge on any atom is -0.494 e. The van der Waals surface area contributed by atoms with Crippen LogP contribution in [0.2, 0.25) is 0 Å². The van der Waals surface area contributed by atoms with E-state index in [1.165, 1.54) is 11.3 Å². The number of nitriles is 1. The Labute approximate surface area is 233 Å². The number of fused-ring (bicyclic) bond motifs is 1. The molecule has 0 saturated carbocycles. The Balaban J connectivity index is 1.23. The number of unbranched alkanes of at least 4 members (excludes halogenated alkanes) is 1. The Morgan fingerprint density at radius 3 is 2.38 bits per heavy atom. The molecule has 0 saturated heterocycles. The zero-order chi connectivity index (χ0) is 27.0. The molecule has 6 heteroatoms. The molecule has 4 aromatic rings. The molecule has 2 bridgehead atoms. The van der Waals surface area contributed by atoms with Crippen molar-refractivity contribution in [2.24, 2.45) is 5.41 Å². The molecule has 1 N–H and O–H groups in total. The van der Waals surface area contributed by atoms with Gasteiger partial charge in [-0.3, -0.25) is 4.79 Å². The van der Waals surface area contributed by atoms with Crippen molar-refractivity contribution in [3.63, 3.8) is 0 Å². The second-order valence-corrected chi connectivity index (χ2v) is 11.7. The van der Waals surface area contributed by atoms with E-state index in [9.17, 15) is 10.1 Å². The van der Waals surface area contributed by atoms with E-state index in [2.05, 4.69) is 54.7 Å². The van der Waals surface area contributed by atoms with Crippen molar-refractivity contribution >= 4 is 22.4 Å². The van der Waals surface area contributed by atoms with Crippen molar-refractivity contribution in [1.82, 2.24) is 4.98 Å². The van der Waals surface area contributed by atoms with Crippen LogP contribution >= 0.6 is 11.3 Å². The molecule has 1 aromatic heterocycles. The van der Waals surface area contributed by atoms with E-state index in [1.54, 1.807) is 0 Å². The first kappa shape index (κ1) is 25.3. The predicted molar refractivity (Wildman–Crippen MR) is 154 cm³/mol. The van der Waals surface area contributed by atoms with Gasteiger partial charge in [-0.15, -0.1) is 11.3 Å². The fraction of sp³-hybridized carbons (Fsp3) is 0.303. The molecule has 0 radical (unpaired) electrons. The van der Waals surface area contributed by atoms with E-state index in [-0.39, 0.29) is 11.8 Å². The molecule has 3 aliphatic rings. The number of ether oxygens (including phenoxy) is 1. The molecule has 7 rings (SSSR count). The average Bonchev–Trinajstić information content (AvgIpc) is 3.40. The summed E-state index contributed by atoms with van der Waals surface area (Å²) in [6.07, 6.45) is 3.28. The number of thiazole rings is 1. The Kier molecular flexibility index (Phi) is 6.48. The lowest BCUT2D eigenvalue weighted by Gasteiger charge is -2.54. The Bertz CT molecular complexity index is 1520. The van der Waals surface area contributed by atoms with Crippen LogP contribution in [0.25, 0.3) is 0 Å². The minimum atomic E-state index is -0.853. The molecule has 0 fully saturated rings. The first-order chi connectivity index (χ1) is 19.0. The lowest BCUT2D eigenvalue weighted by Crippen LogP contribution is -2.53. The van der Waals surface area contributed by atoms with E-state index < -0.39 is 10.8 Å². The van der Waals surface area contributed by atoms with Gasteiger partial charge in [-0.2, -0.15) is 5.26 Å². The highest BCUT2D eigenvalue weighted by atomic mass is 32.1. The monoisotopic (exact) mass is 533 g/mol. The molecule has 0 spiro atoms. The molecule has 1 atom stereocenters. The normalized spacial score (nSPS) is 22.4. The number of nitrogens with one attached hydrogen (secondary N) is 1. The fourth-order valence-corrected chi connectivity index (χ4v) is 7.13. The van der Waals surface area contributed by atoms with Crippen molar-refractivity contribution in [1.29, 1.82) is 5.26 Å². The Morgan fingerprint density at radius 2 is 1.74 bits per heavy atom. The third-order valence-corrected chi connectivity index (χ3v) is 9.10. The molecule has 1 unspecified atom stereocenters. The number of benzene rings is 3. The summed E-state index contributed by atoms with van der Waals surface area (Å²) >= 11 is 1.44. The van der Waals surface area contributed by atoms with Gasteiger partial charge in [0, 0.05) is 17.7 Å². The summed E-state index contributed by atoms with van der Waals surface area (Å²) < 4.78 is 5.77. The third-order valence-electron chi connectivity index (χ3n) is 8.29. The van der Waals surface area contributed by atoms with E-state index in [1.807, 2.05) is 48.7 Å². The van der Waals surface area contributed by atoms with E-state index in [0.717, 1.165) is 58.7 Å². The number of amides is 1. The van der Waals surface area contributed by atoms with Gasteiger partial charge in [0.25, 0.3) is 0 Å².